The molecule has 0 spiro atoms. The molecule has 0 aromatic heterocycles. The van der Waals surface area contributed by atoms with Gasteiger partial charge in [0.15, 0.2) is 0 Å². The van der Waals surface area contributed by atoms with Gasteiger partial charge >= 0.3 is 0 Å². The Kier molecular flexibility index (Phi) is 2.23. The molecule has 0 bridgehead atoms. The molecule has 76 valence electrons. The van der Waals surface area contributed by atoms with E-state index in [0.717, 1.165) is 25.0 Å². The largest absolute Gasteiger partial charge is 0.496 e. The third-order valence-electron chi connectivity index (χ3n) is 3.01. The van der Waals surface area contributed by atoms with E-state index in [4.69, 9.17) is 10.5 Å². The summed E-state index contributed by atoms with van der Waals surface area (Å²) in [6.07, 6.45) is 3.15. The monoisotopic (exact) mass is 191 g/mol. The minimum atomic E-state index is -0.101. The van der Waals surface area contributed by atoms with Gasteiger partial charge in [-0.05, 0) is 24.8 Å². The summed E-state index contributed by atoms with van der Waals surface area (Å²) in [4.78, 5) is 0. The SMILES string of the molecule is CCc1cccc(C2(N)CC2)c1OC. The topological polar surface area (TPSA) is 35.2 Å². The lowest BCUT2D eigenvalue weighted by molar-refractivity contribution is 0.400. The van der Waals surface area contributed by atoms with E-state index in [2.05, 4.69) is 25.1 Å². The molecule has 1 aromatic carbocycles. The lowest BCUT2D eigenvalue weighted by Crippen LogP contribution is -2.20. The molecule has 1 aliphatic rings. The number of ether oxygens (including phenoxy) is 1. The normalized spacial score (nSPS) is 17.9. The van der Waals surface area contributed by atoms with Gasteiger partial charge in [0, 0.05) is 11.1 Å². The average Bonchev–Trinajstić information content (AvgIpc) is 2.96. The molecule has 0 unspecified atom stereocenters. The zero-order valence-electron chi connectivity index (χ0n) is 8.84. The molecular weight excluding hydrogens is 174 g/mol. The Balaban J connectivity index is 2.48. The van der Waals surface area contributed by atoms with Crippen molar-refractivity contribution in [1.29, 1.82) is 0 Å². The molecule has 0 saturated heterocycles. The Morgan fingerprint density at radius 1 is 1.43 bits per heavy atom. The van der Waals surface area contributed by atoms with Crippen LogP contribution in [0.2, 0.25) is 0 Å². The first-order valence-electron chi connectivity index (χ1n) is 5.16. The molecule has 2 heteroatoms. The highest BCUT2D eigenvalue weighted by Gasteiger charge is 2.42. The predicted octanol–water partition coefficient (Wildman–Crippen LogP) is 2.21. The lowest BCUT2D eigenvalue weighted by Gasteiger charge is -2.16. The van der Waals surface area contributed by atoms with E-state index in [0.29, 0.717) is 0 Å². The van der Waals surface area contributed by atoms with Crippen LogP contribution in [0.4, 0.5) is 0 Å². The summed E-state index contributed by atoms with van der Waals surface area (Å²) in [5.41, 5.74) is 8.52. The Morgan fingerprint density at radius 3 is 2.64 bits per heavy atom. The second kappa shape index (κ2) is 3.28. The van der Waals surface area contributed by atoms with Crippen LogP contribution < -0.4 is 10.5 Å². The van der Waals surface area contributed by atoms with Crippen LogP contribution >= 0.6 is 0 Å². The van der Waals surface area contributed by atoms with Gasteiger partial charge in [-0.15, -0.1) is 0 Å². The molecule has 14 heavy (non-hydrogen) atoms. The quantitative estimate of drug-likeness (QED) is 0.795. The smallest absolute Gasteiger partial charge is 0.127 e. The van der Waals surface area contributed by atoms with Crippen LogP contribution in [0.1, 0.15) is 30.9 Å². The van der Waals surface area contributed by atoms with Crippen LogP contribution in [-0.2, 0) is 12.0 Å². The molecule has 2 N–H and O–H groups in total. The van der Waals surface area contributed by atoms with Crippen molar-refractivity contribution in [2.24, 2.45) is 5.73 Å². The van der Waals surface area contributed by atoms with Crippen molar-refractivity contribution in [3.8, 4) is 5.75 Å². The first-order valence-corrected chi connectivity index (χ1v) is 5.16. The Labute approximate surface area is 85.1 Å². The Morgan fingerprint density at radius 2 is 2.14 bits per heavy atom. The number of methoxy groups -OCH3 is 1. The lowest BCUT2D eigenvalue weighted by atomic mass is 10.00. The van der Waals surface area contributed by atoms with E-state index in [1.54, 1.807) is 7.11 Å². The van der Waals surface area contributed by atoms with E-state index >= 15 is 0 Å². The summed E-state index contributed by atoms with van der Waals surface area (Å²) in [7, 11) is 1.73. The van der Waals surface area contributed by atoms with Crippen LogP contribution in [0.15, 0.2) is 18.2 Å². The van der Waals surface area contributed by atoms with Crippen LogP contribution in [0, 0.1) is 0 Å². The molecular formula is C12H17NO. The van der Waals surface area contributed by atoms with E-state index in [1.807, 2.05) is 0 Å². The number of hydrogen-bond acceptors (Lipinski definition) is 2. The summed E-state index contributed by atoms with van der Waals surface area (Å²) in [5.74, 6) is 0.995. The summed E-state index contributed by atoms with van der Waals surface area (Å²) >= 11 is 0. The second-order valence-corrected chi connectivity index (χ2v) is 4.01. The molecule has 0 atom stereocenters. The summed E-state index contributed by atoms with van der Waals surface area (Å²) in [5, 5.41) is 0. The summed E-state index contributed by atoms with van der Waals surface area (Å²) in [6.45, 7) is 2.14. The molecule has 0 aliphatic heterocycles. The zero-order chi connectivity index (χ0) is 10.2. The van der Waals surface area contributed by atoms with Crippen molar-refractivity contribution >= 4 is 0 Å². The fraction of sp³-hybridized carbons (Fsp3) is 0.500. The molecule has 0 heterocycles. The minimum absolute atomic E-state index is 0.101. The van der Waals surface area contributed by atoms with Crippen molar-refractivity contribution in [3.63, 3.8) is 0 Å². The maximum absolute atomic E-state index is 6.19. The van der Waals surface area contributed by atoms with Crippen molar-refractivity contribution in [3.05, 3.63) is 29.3 Å². The van der Waals surface area contributed by atoms with Crippen LogP contribution in [0.5, 0.6) is 5.75 Å². The van der Waals surface area contributed by atoms with E-state index < -0.39 is 0 Å². The average molecular weight is 191 g/mol. The van der Waals surface area contributed by atoms with Crippen LogP contribution in [0.25, 0.3) is 0 Å². The van der Waals surface area contributed by atoms with Gasteiger partial charge in [-0.25, -0.2) is 0 Å². The predicted molar refractivity (Wildman–Crippen MR) is 57.5 cm³/mol. The van der Waals surface area contributed by atoms with Crippen LogP contribution in [-0.4, -0.2) is 7.11 Å². The number of para-hydroxylation sites is 1. The third-order valence-corrected chi connectivity index (χ3v) is 3.01. The van der Waals surface area contributed by atoms with Gasteiger partial charge in [0.25, 0.3) is 0 Å². The highest BCUT2D eigenvalue weighted by atomic mass is 16.5. The van der Waals surface area contributed by atoms with Gasteiger partial charge in [0.05, 0.1) is 7.11 Å². The molecule has 2 nitrogen and oxygen atoms in total. The number of rotatable bonds is 3. The van der Waals surface area contributed by atoms with Gasteiger partial charge in [0.2, 0.25) is 0 Å². The number of benzene rings is 1. The number of aryl methyl sites for hydroxylation is 1. The summed E-state index contributed by atoms with van der Waals surface area (Å²) < 4.78 is 5.45. The fourth-order valence-electron chi connectivity index (χ4n) is 1.90. The molecule has 1 fully saturated rings. The Bertz CT molecular complexity index is 342. The van der Waals surface area contributed by atoms with Crippen molar-refractivity contribution in [1.82, 2.24) is 0 Å². The van der Waals surface area contributed by atoms with Gasteiger partial charge in [-0.2, -0.15) is 0 Å². The van der Waals surface area contributed by atoms with Crippen LogP contribution in [0.3, 0.4) is 0 Å². The van der Waals surface area contributed by atoms with E-state index in [1.165, 1.54) is 11.1 Å². The fourth-order valence-corrected chi connectivity index (χ4v) is 1.90. The molecule has 1 aromatic rings. The first-order chi connectivity index (χ1) is 6.71. The number of nitrogens with two attached hydrogens (primary N) is 1. The van der Waals surface area contributed by atoms with E-state index in [-0.39, 0.29) is 5.54 Å². The Hall–Kier alpha value is -1.02. The van der Waals surface area contributed by atoms with Gasteiger partial charge in [0.1, 0.15) is 5.75 Å². The van der Waals surface area contributed by atoms with Crippen molar-refractivity contribution < 1.29 is 4.74 Å². The van der Waals surface area contributed by atoms with E-state index in [9.17, 15) is 0 Å². The third kappa shape index (κ3) is 1.40. The van der Waals surface area contributed by atoms with Gasteiger partial charge in [-0.3, -0.25) is 0 Å². The van der Waals surface area contributed by atoms with Gasteiger partial charge < -0.3 is 10.5 Å². The molecule has 0 radical (unpaired) electrons. The van der Waals surface area contributed by atoms with Crippen molar-refractivity contribution in [2.45, 2.75) is 31.7 Å². The molecule has 0 amide bonds. The summed E-state index contributed by atoms with van der Waals surface area (Å²) in [6, 6.07) is 6.27. The van der Waals surface area contributed by atoms with Crippen molar-refractivity contribution in [2.75, 3.05) is 7.11 Å². The second-order valence-electron chi connectivity index (χ2n) is 4.01. The zero-order valence-corrected chi connectivity index (χ0v) is 8.84. The molecule has 1 saturated carbocycles. The maximum atomic E-state index is 6.19. The maximum Gasteiger partial charge on any atom is 0.127 e. The minimum Gasteiger partial charge on any atom is -0.496 e. The number of hydrogen-bond donors (Lipinski definition) is 1. The van der Waals surface area contributed by atoms with Gasteiger partial charge in [-0.1, -0.05) is 25.1 Å². The molecule has 2 rings (SSSR count). The highest BCUT2D eigenvalue weighted by molar-refractivity contribution is 5.47. The first kappa shape index (κ1) is 9.53. The highest BCUT2D eigenvalue weighted by Crippen LogP contribution is 2.47. The standard InChI is InChI=1S/C12H17NO/c1-3-9-5-4-6-10(11(9)14-2)12(13)7-8-12/h4-6H,3,7-8,13H2,1-2H3. The molecule has 1 aliphatic carbocycles.